The molecular weight excluding hydrogens is 218 g/mol. The maximum atomic E-state index is 11.5. The van der Waals surface area contributed by atoms with Crippen molar-refractivity contribution in [3.8, 4) is 5.75 Å². The number of para-hydroxylation sites is 2. The minimum atomic E-state index is -0.230. The minimum absolute atomic E-state index is 0.230. The summed E-state index contributed by atoms with van der Waals surface area (Å²) in [6.07, 6.45) is 1.80. The van der Waals surface area contributed by atoms with Crippen LogP contribution in [0.4, 0.5) is 10.5 Å². The van der Waals surface area contributed by atoms with Crippen molar-refractivity contribution in [2.45, 2.75) is 12.8 Å². The molecule has 1 rings (SSSR count). The molecule has 0 bridgehead atoms. The molecular formula is C12H19N3O2. The normalized spacial score (nSPS) is 9.76. The minimum Gasteiger partial charge on any atom is -0.495 e. The Bertz CT molecular complexity index is 355. The Morgan fingerprint density at radius 3 is 2.82 bits per heavy atom. The summed E-state index contributed by atoms with van der Waals surface area (Å²) in [5, 5.41) is 5.49. The van der Waals surface area contributed by atoms with Gasteiger partial charge in [-0.3, -0.25) is 0 Å². The zero-order valence-electron chi connectivity index (χ0n) is 10.0. The number of urea groups is 1. The summed E-state index contributed by atoms with van der Waals surface area (Å²) >= 11 is 0. The van der Waals surface area contributed by atoms with Gasteiger partial charge in [-0.15, -0.1) is 0 Å². The van der Waals surface area contributed by atoms with Gasteiger partial charge in [-0.05, 0) is 31.5 Å². The van der Waals surface area contributed by atoms with Crippen molar-refractivity contribution >= 4 is 11.7 Å². The molecule has 0 radical (unpaired) electrons. The van der Waals surface area contributed by atoms with Crippen molar-refractivity contribution in [1.82, 2.24) is 5.32 Å². The van der Waals surface area contributed by atoms with E-state index in [4.69, 9.17) is 10.5 Å². The zero-order chi connectivity index (χ0) is 12.5. The van der Waals surface area contributed by atoms with E-state index >= 15 is 0 Å². The summed E-state index contributed by atoms with van der Waals surface area (Å²) < 4.78 is 5.13. The molecule has 0 atom stereocenters. The molecule has 0 heterocycles. The molecule has 94 valence electrons. The van der Waals surface area contributed by atoms with Gasteiger partial charge in [0.05, 0.1) is 12.8 Å². The van der Waals surface area contributed by atoms with Crippen molar-refractivity contribution in [1.29, 1.82) is 0 Å². The highest BCUT2D eigenvalue weighted by Crippen LogP contribution is 2.22. The van der Waals surface area contributed by atoms with Crippen LogP contribution in [0.3, 0.4) is 0 Å². The fraction of sp³-hybridized carbons (Fsp3) is 0.417. The lowest BCUT2D eigenvalue weighted by Crippen LogP contribution is -2.29. The molecule has 5 heteroatoms. The van der Waals surface area contributed by atoms with Crippen LogP contribution in [0.15, 0.2) is 24.3 Å². The van der Waals surface area contributed by atoms with Gasteiger partial charge in [0, 0.05) is 6.54 Å². The Morgan fingerprint density at radius 1 is 1.35 bits per heavy atom. The number of benzene rings is 1. The fourth-order valence-corrected chi connectivity index (χ4v) is 1.39. The lowest BCUT2D eigenvalue weighted by atomic mass is 10.3. The maximum absolute atomic E-state index is 11.5. The zero-order valence-corrected chi connectivity index (χ0v) is 10.0. The topological polar surface area (TPSA) is 76.4 Å². The third-order valence-corrected chi connectivity index (χ3v) is 2.27. The summed E-state index contributed by atoms with van der Waals surface area (Å²) in [6.45, 7) is 1.27. The number of anilines is 1. The van der Waals surface area contributed by atoms with Crippen LogP contribution in [-0.4, -0.2) is 26.2 Å². The molecule has 1 aromatic rings. The largest absolute Gasteiger partial charge is 0.495 e. The van der Waals surface area contributed by atoms with Gasteiger partial charge in [-0.1, -0.05) is 12.1 Å². The van der Waals surface area contributed by atoms with Crippen molar-refractivity contribution in [3.63, 3.8) is 0 Å². The van der Waals surface area contributed by atoms with Crippen molar-refractivity contribution < 1.29 is 9.53 Å². The monoisotopic (exact) mass is 237 g/mol. The van der Waals surface area contributed by atoms with E-state index in [0.717, 1.165) is 12.8 Å². The van der Waals surface area contributed by atoms with Gasteiger partial charge in [0.15, 0.2) is 0 Å². The number of carbonyl (C=O) groups is 1. The lowest BCUT2D eigenvalue weighted by molar-refractivity contribution is 0.252. The van der Waals surface area contributed by atoms with Gasteiger partial charge in [-0.2, -0.15) is 0 Å². The first kappa shape index (κ1) is 13.3. The highest BCUT2D eigenvalue weighted by molar-refractivity contribution is 5.90. The standard InChI is InChI=1S/C12H19N3O2/c1-17-11-7-3-2-6-10(11)15-12(16)14-9-5-4-8-13/h2-3,6-7H,4-5,8-9,13H2,1H3,(H2,14,15,16). The molecule has 0 aliphatic rings. The van der Waals surface area contributed by atoms with E-state index in [1.807, 2.05) is 12.1 Å². The molecule has 0 aliphatic carbocycles. The first-order chi connectivity index (χ1) is 8.27. The van der Waals surface area contributed by atoms with Gasteiger partial charge in [0.1, 0.15) is 5.75 Å². The number of nitrogens with one attached hydrogen (secondary N) is 2. The average molecular weight is 237 g/mol. The summed E-state index contributed by atoms with van der Waals surface area (Å²) in [4.78, 5) is 11.5. The first-order valence-corrected chi connectivity index (χ1v) is 5.66. The van der Waals surface area contributed by atoms with Gasteiger partial charge in [-0.25, -0.2) is 4.79 Å². The molecule has 5 nitrogen and oxygen atoms in total. The van der Waals surface area contributed by atoms with E-state index in [1.54, 1.807) is 19.2 Å². The lowest BCUT2D eigenvalue weighted by Gasteiger charge is -2.10. The Hall–Kier alpha value is -1.75. The first-order valence-electron chi connectivity index (χ1n) is 5.66. The number of methoxy groups -OCH3 is 1. The van der Waals surface area contributed by atoms with E-state index < -0.39 is 0 Å². The molecule has 0 aliphatic heterocycles. The number of amides is 2. The van der Waals surface area contributed by atoms with Crippen LogP contribution in [0.1, 0.15) is 12.8 Å². The second-order valence-corrected chi connectivity index (χ2v) is 3.58. The van der Waals surface area contributed by atoms with E-state index in [1.165, 1.54) is 0 Å². The Kier molecular flexibility index (Phi) is 5.88. The number of unbranched alkanes of at least 4 members (excludes halogenated alkanes) is 1. The summed E-state index contributed by atoms with van der Waals surface area (Å²) in [6, 6.07) is 7.05. The van der Waals surface area contributed by atoms with E-state index in [9.17, 15) is 4.79 Å². The molecule has 0 fully saturated rings. The molecule has 2 amide bonds. The van der Waals surface area contributed by atoms with Crippen molar-refractivity contribution in [2.75, 3.05) is 25.5 Å². The third-order valence-electron chi connectivity index (χ3n) is 2.27. The van der Waals surface area contributed by atoms with Crippen LogP contribution in [0, 0.1) is 0 Å². The Balaban J connectivity index is 2.39. The molecule has 0 aromatic heterocycles. The smallest absolute Gasteiger partial charge is 0.319 e. The van der Waals surface area contributed by atoms with Crippen molar-refractivity contribution in [2.24, 2.45) is 5.73 Å². The second kappa shape index (κ2) is 7.51. The number of ether oxygens (including phenoxy) is 1. The molecule has 17 heavy (non-hydrogen) atoms. The number of nitrogens with two attached hydrogens (primary N) is 1. The van der Waals surface area contributed by atoms with Crippen LogP contribution in [0.5, 0.6) is 5.75 Å². The molecule has 0 saturated carbocycles. The second-order valence-electron chi connectivity index (χ2n) is 3.58. The molecule has 0 unspecified atom stereocenters. The summed E-state index contributed by atoms with van der Waals surface area (Å²) in [7, 11) is 1.57. The molecule has 0 spiro atoms. The van der Waals surface area contributed by atoms with E-state index in [-0.39, 0.29) is 6.03 Å². The Morgan fingerprint density at radius 2 is 2.12 bits per heavy atom. The number of carbonyl (C=O) groups excluding carboxylic acids is 1. The van der Waals surface area contributed by atoms with Gasteiger partial charge < -0.3 is 21.1 Å². The van der Waals surface area contributed by atoms with Gasteiger partial charge >= 0.3 is 6.03 Å². The van der Waals surface area contributed by atoms with Crippen LogP contribution in [0.2, 0.25) is 0 Å². The molecule has 4 N–H and O–H groups in total. The highest BCUT2D eigenvalue weighted by atomic mass is 16.5. The molecule has 0 saturated heterocycles. The predicted octanol–water partition coefficient (Wildman–Crippen LogP) is 1.56. The predicted molar refractivity (Wildman–Crippen MR) is 68.3 cm³/mol. The van der Waals surface area contributed by atoms with Gasteiger partial charge in [0.25, 0.3) is 0 Å². The number of hydrogen-bond acceptors (Lipinski definition) is 3. The van der Waals surface area contributed by atoms with E-state index in [0.29, 0.717) is 24.5 Å². The van der Waals surface area contributed by atoms with Crippen LogP contribution in [-0.2, 0) is 0 Å². The van der Waals surface area contributed by atoms with Crippen LogP contribution < -0.4 is 21.1 Å². The van der Waals surface area contributed by atoms with Crippen LogP contribution >= 0.6 is 0 Å². The summed E-state index contributed by atoms with van der Waals surface area (Å²) in [5.41, 5.74) is 6.02. The number of rotatable bonds is 6. The van der Waals surface area contributed by atoms with Crippen LogP contribution in [0.25, 0.3) is 0 Å². The maximum Gasteiger partial charge on any atom is 0.319 e. The quantitative estimate of drug-likeness (QED) is 0.657. The SMILES string of the molecule is COc1ccccc1NC(=O)NCCCCN. The van der Waals surface area contributed by atoms with E-state index in [2.05, 4.69) is 10.6 Å². The van der Waals surface area contributed by atoms with Gasteiger partial charge in [0.2, 0.25) is 0 Å². The summed E-state index contributed by atoms with van der Waals surface area (Å²) in [5.74, 6) is 0.643. The Labute approximate surface area is 101 Å². The highest BCUT2D eigenvalue weighted by Gasteiger charge is 2.05. The fourth-order valence-electron chi connectivity index (χ4n) is 1.39. The molecule has 1 aromatic carbocycles. The average Bonchev–Trinajstić information content (AvgIpc) is 2.35. The van der Waals surface area contributed by atoms with Crippen molar-refractivity contribution in [3.05, 3.63) is 24.3 Å². The third kappa shape index (κ3) is 4.74. The number of hydrogen-bond donors (Lipinski definition) is 3.